The van der Waals surface area contributed by atoms with Crippen molar-refractivity contribution in [1.29, 1.82) is 0 Å². The van der Waals surface area contributed by atoms with Crippen LogP contribution in [0.4, 0.5) is 5.69 Å². The quantitative estimate of drug-likeness (QED) is 0.611. The number of imide groups is 1. The monoisotopic (exact) mass is 422 g/mol. The molecule has 5 rings (SSSR count). The molecule has 8 heteroatoms. The molecule has 1 aliphatic carbocycles. The van der Waals surface area contributed by atoms with Crippen molar-refractivity contribution < 1.29 is 14.4 Å². The second kappa shape index (κ2) is 7.25. The van der Waals surface area contributed by atoms with Gasteiger partial charge in [-0.25, -0.2) is 4.98 Å². The standard InChI is InChI=1S/C22H19ClN4O3/c23-22-25-17-9-7-13(11-18(17)26-22)24-19(28)12-6-8-15-16(10-12)21(30)27(20(15)29)14-4-2-1-3-5-14/h6-11,14H,1-5H2,(H,24,28)(H,25,26). The van der Waals surface area contributed by atoms with Crippen molar-refractivity contribution in [3.05, 3.63) is 58.4 Å². The predicted molar refractivity (Wildman–Crippen MR) is 113 cm³/mol. The van der Waals surface area contributed by atoms with Gasteiger partial charge in [-0.3, -0.25) is 19.3 Å². The van der Waals surface area contributed by atoms with E-state index in [0.29, 0.717) is 33.4 Å². The summed E-state index contributed by atoms with van der Waals surface area (Å²) in [7, 11) is 0. The summed E-state index contributed by atoms with van der Waals surface area (Å²) in [5.41, 5.74) is 2.96. The maximum absolute atomic E-state index is 12.9. The maximum atomic E-state index is 12.9. The molecule has 0 radical (unpaired) electrons. The number of carbonyl (C=O) groups excluding carboxylic acids is 3. The van der Waals surface area contributed by atoms with Gasteiger partial charge in [0, 0.05) is 17.3 Å². The molecule has 3 amide bonds. The van der Waals surface area contributed by atoms with Crippen LogP contribution in [0, 0.1) is 0 Å². The lowest BCUT2D eigenvalue weighted by Gasteiger charge is -2.29. The first-order valence-electron chi connectivity index (χ1n) is 10.00. The average Bonchev–Trinajstić information content (AvgIpc) is 3.24. The summed E-state index contributed by atoms with van der Waals surface area (Å²) in [6, 6.07) is 9.83. The highest BCUT2D eigenvalue weighted by atomic mass is 35.5. The number of aromatic nitrogens is 2. The molecule has 1 fully saturated rings. The zero-order valence-electron chi connectivity index (χ0n) is 16.1. The van der Waals surface area contributed by atoms with Crippen molar-refractivity contribution in [1.82, 2.24) is 14.9 Å². The average molecular weight is 423 g/mol. The third-order valence-corrected chi connectivity index (χ3v) is 6.01. The fourth-order valence-corrected chi connectivity index (χ4v) is 4.52. The molecule has 0 unspecified atom stereocenters. The summed E-state index contributed by atoms with van der Waals surface area (Å²) in [6.07, 6.45) is 4.88. The first-order valence-corrected chi connectivity index (χ1v) is 10.4. The number of nitrogens with one attached hydrogen (secondary N) is 2. The molecule has 7 nitrogen and oxygen atoms in total. The highest BCUT2D eigenvalue weighted by Crippen LogP contribution is 2.31. The van der Waals surface area contributed by atoms with Crippen LogP contribution in [0.1, 0.15) is 63.2 Å². The number of carbonyl (C=O) groups is 3. The lowest BCUT2D eigenvalue weighted by Crippen LogP contribution is -2.40. The molecule has 2 aliphatic rings. The lowest BCUT2D eigenvalue weighted by molar-refractivity contribution is 0.0549. The number of H-pyrrole nitrogens is 1. The highest BCUT2D eigenvalue weighted by molar-refractivity contribution is 6.29. The Bertz CT molecular complexity index is 1200. The Labute approximate surface area is 177 Å². The minimum atomic E-state index is -0.362. The van der Waals surface area contributed by atoms with E-state index in [0.717, 1.165) is 32.1 Å². The van der Waals surface area contributed by atoms with E-state index in [1.165, 1.54) is 11.0 Å². The van der Waals surface area contributed by atoms with E-state index in [1.54, 1.807) is 30.3 Å². The molecular formula is C22H19ClN4O3. The minimum Gasteiger partial charge on any atom is -0.329 e. The van der Waals surface area contributed by atoms with Crippen molar-refractivity contribution in [3.63, 3.8) is 0 Å². The van der Waals surface area contributed by atoms with Crippen LogP contribution in [0.15, 0.2) is 36.4 Å². The van der Waals surface area contributed by atoms with Crippen molar-refractivity contribution in [3.8, 4) is 0 Å². The van der Waals surface area contributed by atoms with Crippen molar-refractivity contribution >= 4 is 46.0 Å². The predicted octanol–water partition coefficient (Wildman–Crippen LogP) is 4.40. The van der Waals surface area contributed by atoms with Crippen molar-refractivity contribution in [2.45, 2.75) is 38.1 Å². The van der Waals surface area contributed by atoms with E-state index in [-0.39, 0.29) is 29.0 Å². The number of hydrogen-bond donors (Lipinski definition) is 2. The maximum Gasteiger partial charge on any atom is 0.261 e. The molecule has 2 aromatic carbocycles. The van der Waals surface area contributed by atoms with Crippen molar-refractivity contribution in [2.24, 2.45) is 0 Å². The second-order valence-electron chi connectivity index (χ2n) is 7.75. The first kappa shape index (κ1) is 18.8. The van der Waals surface area contributed by atoms with Gasteiger partial charge in [-0.2, -0.15) is 0 Å². The van der Waals surface area contributed by atoms with Crippen LogP contribution in [0.5, 0.6) is 0 Å². The molecule has 1 aliphatic heterocycles. The number of imidazole rings is 1. The summed E-state index contributed by atoms with van der Waals surface area (Å²) >= 11 is 5.87. The fraction of sp³-hybridized carbons (Fsp3) is 0.273. The number of nitrogens with zero attached hydrogens (tertiary/aromatic N) is 2. The molecule has 0 spiro atoms. The van der Waals surface area contributed by atoms with Gasteiger partial charge in [0.25, 0.3) is 17.7 Å². The number of hydrogen-bond acceptors (Lipinski definition) is 4. The molecule has 0 saturated heterocycles. The van der Waals surface area contributed by atoms with E-state index in [2.05, 4.69) is 15.3 Å². The van der Waals surface area contributed by atoms with E-state index in [4.69, 9.17) is 11.6 Å². The molecule has 30 heavy (non-hydrogen) atoms. The van der Waals surface area contributed by atoms with Crippen LogP contribution in [0.3, 0.4) is 0 Å². The molecule has 2 heterocycles. The number of fused-ring (bicyclic) bond motifs is 2. The highest BCUT2D eigenvalue weighted by Gasteiger charge is 2.40. The van der Waals surface area contributed by atoms with Crippen LogP contribution in [0.25, 0.3) is 11.0 Å². The zero-order valence-corrected chi connectivity index (χ0v) is 16.8. The summed E-state index contributed by atoms with van der Waals surface area (Å²) in [5, 5.41) is 3.09. The molecule has 1 saturated carbocycles. The largest absolute Gasteiger partial charge is 0.329 e. The zero-order chi connectivity index (χ0) is 20.8. The van der Waals surface area contributed by atoms with Crippen LogP contribution in [-0.4, -0.2) is 38.6 Å². The number of aromatic amines is 1. The van der Waals surface area contributed by atoms with Crippen LogP contribution < -0.4 is 5.32 Å². The molecular weight excluding hydrogens is 404 g/mol. The molecule has 1 aromatic heterocycles. The van der Waals surface area contributed by atoms with Gasteiger partial charge < -0.3 is 10.3 Å². The Morgan fingerprint density at radius 2 is 1.80 bits per heavy atom. The van der Waals surface area contributed by atoms with Crippen LogP contribution in [-0.2, 0) is 0 Å². The van der Waals surface area contributed by atoms with Gasteiger partial charge in [0.15, 0.2) is 0 Å². The Morgan fingerprint density at radius 1 is 1.03 bits per heavy atom. The molecule has 0 atom stereocenters. The summed E-state index contributed by atoms with van der Waals surface area (Å²) in [4.78, 5) is 46.9. The number of benzene rings is 2. The van der Waals surface area contributed by atoms with Gasteiger partial charge in [-0.1, -0.05) is 19.3 Å². The second-order valence-corrected chi connectivity index (χ2v) is 8.10. The lowest BCUT2D eigenvalue weighted by atomic mass is 9.94. The van der Waals surface area contributed by atoms with Crippen molar-refractivity contribution in [2.75, 3.05) is 5.32 Å². The summed E-state index contributed by atoms with van der Waals surface area (Å²) in [6.45, 7) is 0. The first-order chi connectivity index (χ1) is 14.5. The SMILES string of the molecule is O=C(Nc1ccc2nc(Cl)[nH]c2c1)c1ccc2c(c1)C(=O)N(C1CCCCC1)C2=O. The van der Waals surface area contributed by atoms with Crippen LogP contribution >= 0.6 is 11.6 Å². The number of amides is 3. The smallest absolute Gasteiger partial charge is 0.261 e. The van der Waals surface area contributed by atoms with Gasteiger partial charge in [-0.15, -0.1) is 0 Å². The number of halogens is 1. The van der Waals surface area contributed by atoms with Gasteiger partial charge in [0.2, 0.25) is 5.28 Å². The van der Waals surface area contributed by atoms with E-state index in [9.17, 15) is 14.4 Å². The summed E-state index contributed by atoms with van der Waals surface area (Å²) in [5.74, 6) is -0.917. The Hall–Kier alpha value is -3.19. The molecule has 2 N–H and O–H groups in total. The molecule has 0 bridgehead atoms. The van der Waals surface area contributed by atoms with Gasteiger partial charge >= 0.3 is 0 Å². The van der Waals surface area contributed by atoms with E-state index < -0.39 is 0 Å². The van der Waals surface area contributed by atoms with Gasteiger partial charge in [0.1, 0.15) is 0 Å². The fourth-order valence-electron chi connectivity index (χ4n) is 4.33. The third kappa shape index (κ3) is 3.15. The van der Waals surface area contributed by atoms with E-state index in [1.807, 2.05) is 0 Å². The molecule has 3 aromatic rings. The Balaban J connectivity index is 1.39. The Kier molecular flexibility index (Phi) is 4.55. The topological polar surface area (TPSA) is 95.2 Å². The third-order valence-electron chi connectivity index (χ3n) is 5.83. The molecule has 152 valence electrons. The number of anilines is 1. The van der Waals surface area contributed by atoms with Gasteiger partial charge in [0.05, 0.1) is 22.2 Å². The Morgan fingerprint density at radius 3 is 2.60 bits per heavy atom. The summed E-state index contributed by atoms with van der Waals surface area (Å²) < 4.78 is 0. The minimum absolute atomic E-state index is 0.0450. The normalized spacial score (nSPS) is 16.9. The van der Waals surface area contributed by atoms with Gasteiger partial charge in [-0.05, 0) is 60.8 Å². The van der Waals surface area contributed by atoms with E-state index >= 15 is 0 Å². The van der Waals surface area contributed by atoms with Crippen LogP contribution in [0.2, 0.25) is 5.28 Å². The number of rotatable bonds is 3.